The molecule has 0 bridgehead atoms. The van der Waals surface area contributed by atoms with Gasteiger partial charge < -0.3 is 0 Å². The molecule has 0 radical (unpaired) electrons. The molecule has 0 saturated heterocycles. The van der Waals surface area contributed by atoms with Crippen LogP contribution in [0, 0.1) is 0 Å². The highest BCUT2D eigenvalue weighted by Gasteiger charge is 2.73. The number of fused-ring (bicyclic) bond motifs is 11. The van der Waals surface area contributed by atoms with E-state index in [-0.39, 0.29) is 0 Å². The molecule has 12 rings (SSSR count). The van der Waals surface area contributed by atoms with Crippen molar-refractivity contribution in [3.05, 3.63) is 216 Å². The maximum atomic E-state index is 2.58. The zero-order chi connectivity index (χ0) is 32.6. The summed E-state index contributed by atoms with van der Waals surface area (Å²) in [7, 11) is 0. The second-order valence-electron chi connectivity index (χ2n) is 14.0. The van der Waals surface area contributed by atoms with Crippen LogP contribution in [0.25, 0.3) is 55.9 Å². The van der Waals surface area contributed by atoms with E-state index in [1.807, 2.05) is 0 Å². The molecule has 2 nitrogen and oxygen atoms in total. The number of pyridine rings is 2. The van der Waals surface area contributed by atoms with Gasteiger partial charge in [0, 0.05) is 24.3 Å². The van der Waals surface area contributed by atoms with E-state index in [1.165, 1.54) is 89.3 Å². The van der Waals surface area contributed by atoms with Crippen LogP contribution in [0.2, 0.25) is 0 Å². The standard InChI is InChI=1S/C48H30N2/c1-3-14-31(15-4-1)33-25-27-50-44(30-33)37-20-13-23-41-45(37)48(50)46-38(43-24-11-12-26-49(43)48)28-34(32-16-5-2-6-17-32)29-42(46)47(41)39-21-9-7-18-35(39)36-19-8-10-22-40(36)47/h1-30H/q+2. The summed E-state index contributed by atoms with van der Waals surface area (Å²) in [6, 6.07) is 63.5. The van der Waals surface area contributed by atoms with Crippen molar-refractivity contribution in [1.82, 2.24) is 0 Å². The Labute approximate surface area is 290 Å². The van der Waals surface area contributed by atoms with Gasteiger partial charge in [0.05, 0.1) is 16.5 Å². The van der Waals surface area contributed by atoms with Crippen molar-refractivity contribution in [3.8, 4) is 55.9 Å². The normalized spacial score (nSPS) is 17.0. The quantitative estimate of drug-likeness (QED) is 0.167. The van der Waals surface area contributed by atoms with Gasteiger partial charge in [0.1, 0.15) is 11.1 Å². The third-order valence-corrected chi connectivity index (χ3v) is 11.9. The molecule has 2 heteroatoms. The van der Waals surface area contributed by atoms with Gasteiger partial charge in [-0.25, -0.2) is 0 Å². The zero-order valence-corrected chi connectivity index (χ0v) is 27.2. The van der Waals surface area contributed by atoms with Crippen molar-refractivity contribution in [3.63, 3.8) is 0 Å². The van der Waals surface area contributed by atoms with E-state index in [9.17, 15) is 0 Å². The second kappa shape index (κ2) is 9.19. The summed E-state index contributed by atoms with van der Waals surface area (Å²) < 4.78 is 5.14. The topological polar surface area (TPSA) is 7.76 Å². The van der Waals surface area contributed by atoms with Gasteiger partial charge in [0.15, 0.2) is 12.4 Å². The molecule has 0 saturated carbocycles. The van der Waals surface area contributed by atoms with Crippen molar-refractivity contribution in [2.45, 2.75) is 11.1 Å². The summed E-state index contributed by atoms with van der Waals surface area (Å²) in [5.74, 6) is 0. The van der Waals surface area contributed by atoms with Crippen molar-refractivity contribution < 1.29 is 9.13 Å². The predicted molar refractivity (Wildman–Crippen MR) is 197 cm³/mol. The van der Waals surface area contributed by atoms with E-state index in [1.54, 1.807) is 0 Å². The summed E-state index contributed by atoms with van der Waals surface area (Å²) in [5.41, 5.74) is 19.8. The third-order valence-electron chi connectivity index (χ3n) is 11.9. The lowest BCUT2D eigenvalue weighted by Gasteiger charge is -2.41. The van der Waals surface area contributed by atoms with E-state index in [2.05, 4.69) is 191 Å². The van der Waals surface area contributed by atoms with E-state index in [0.717, 1.165) is 0 Å². The minimum atomic E-state index is -0.579. The van der Waals surface area contributed by atoms with Crippen LogP contribution >= 0.6 is 0 Å². The van der Waals surface area contributed by atoms with E-state index < -0.39 is 11.1 Å². The van der Waals surface area contributed by atoms with E-state index >= 15 is 0 Å². The molecule has 4 heterocycles. The highest BCUT2D eigenvalue weighted by atomic mass is 15.3. The van der Waals surface area contributed by atoms with Gasteiger partial charge in [-0.2, -0.15) is 0 Å². The van der Waals surface area contributed by atoms with Gasteiger partial charge in [0.2, 0.25) is 11.4 Å². The second-order valence-corrected chi connectivity index (χ2v) is 14.0. The highest BCUT2D eigenvalue weighted by molar-refractivity contribution is 5.93. The molecule has 2 aromatic heterocycles. The Morgan fingerprint density at radius 2 is 0.900 bits per heavy atom. The molecule has 0 amide bonds. The first-order valence-electron chi connectivity index (χ1n) is 17.5. The molecule has 1 atom stereocenters. The molecule has 230 valence electrons. The van der Waals surface area contributed by atoms with Gasteiger partial charge in [-0.05, 0) is 79.9 Å². The van der Waals surface area contributed by atoms with Crippen molar-refractivity contribution in [2.75, 3.05) is 0 Å². The molecule has 2 aliphatic carbocycles. The van der Waals surface area contributed by atoms with Crippen LogP contribution in [0.1, 0.15) is 33.4 Å². The van der Waals surface area contributed by atoms with Crippen LogP contribution in [-0.4, -0.2) is 0 Å². The first kappa shape index (κ1) is 26.6. The van der Waals surface area contributed by atoms with Crippen LogP contribution in [0.4, 0.5) is 0 Å². The van der Waals surface area contributed by atoms with Crippen LogP contribution < -0.4 is 9.13 Å². The van der Waals surface area contributed by atoms with Gasteiger partial charge >= 0.3 is 5.66 Å². The average Bonchev–Trinajstić information content (AvgIpc) is 3.78. The summed E-state index contributed by atoms with van der Waals surface area (Å²) in [6.45, 7) is 0. The molecule has 0 N–H and O–H groups in total. The van der Waals surface area contributed by atoms with Crippen molar-refractivity contribution >= 4 is 0 Å². The van der Waals surface area contributed by atoms with Crippen LogP contribution in [-0.2, 0) is 11.1 Å². The summed E-state index contributed by atoms with van der Waals surface area (Å²) in [5, 5.41) is 0. The molecule has 0 fully saturated rings. The molecule has 8 aromatic rings. The molecular formula is C48H30N2+2. The van der Waals surface area contributed by atoms with Gasteiger partial charge in [-0.15, -0.1) is 9.13 Å². The van der Waals surface area contributed by atoms with Gasteiger partial charge in [0.25, 0.3) is 0 Å². The monoisotopic (exact) mass is 634 g/mol. The van der Waals surface area contributed by atoms with Crippen molar-refractivity contribution in [2.24, 2.45) is 0 Å². The molecule has 4 aliphatic rings. The Hall–Kier alpha value is -6.38. The average molecular weight is 635 g/mol. The van der Waals surface area contributed by atoms with E-state index in [4.69, 9.17) is 0 Å². The largest absolute Gasteiger partial charge is 0.418 e. The lowest BCUT2D eigenvalue weighted by molar-refractivity contribution is -0.955. The Morgan fingerprint density at radius 3 is 1.64 bits per heavy atom. The minimum absolute atomic E-state index is 0.496. The molecule has 2 spiro atoms. The Balaban J connectivity index is 1.32. The number of rotatable bonds is 2. The molecule has 2 aliphatic heterocycles. The fourth-order valence-electron chi connectivity index (χ4n) is 10.2. The fourth-order valence-corrected chi connectivity index (χ4v) is 10.2. The zero-order valence-electron chi connectivity index (χ0n) is 27.2. The molecule has 6 aromatic carbocycles. The Kier molecular flexibility index (Phi) is 4.88. The molecule has 50 heavy (non-hydrogen) atoms. The third kappa shape index (κ3) is 2.91. The number of hydrogen-bond donors (Lipinski definition) is 0. The summed E-state index contributed by atoms with van der Waals surface area (Å²) in [4.78, 5) is 0. The Morgan fingerprint density at radius 1 is 0.320 bits per heavy atom. The number of aromatic nitrogens is 2. The van der Waals surface area contributed by atoms with Crippen molar-refractivity contribution in [1.29, 1.82) is 0 Å². The Bertz CT molecular complexity index is 2720. The maximum absolute atomic E-state index is 2.58. The first-order chi connectivity index (χ1) is 24.8. The lowest BCUT2D eigenvalue weighted by Crippen LogP contribution is -2.73. The lowest BCUT2D eigenvalue weighted by atomic mass is 9.58. The fraction of sp³-hybridized carbons (Fsp3) is 0.0417. The van der Waals surface area contributed by atoms with E-state index in [0.29, 0.717) is 0 Å². The van der Waals surface area contributed by atoms with Gasteiger partial charge in [-0.3, -0.25) is 0 Å². The van der Waals surface area contributed by atoms with Crippen LogP contribution in [0.3, 0.4) is 0 Å². The number of benzene rings is 6. The highest BCUT2D eigenvalue weighted by Crippen LogP contribution is 2.65. The van der Waals surface area contributed by atoms with Gasteiger partial charge in [-0.1, -0.05) is 121 Å². The first-order valence-corrected chi connectivity index (χ1v) is 17.5. The maximum Gasteiger partial charge on any atom is 0.418 e. The summed E-state index contributed by atoms with van der Waals surface area (Å²) >= 11 is 0. The minimum Gasteiger partial charge on any atom is -0.126 e. The number of nitrogens with zero attached hydrogens (tertiary/aromatic N) is 2. The van der Waals surface area contributed by atoms with Crippen LogP contribution in [0.5, 0.6) is 0 Å². The van der Waals surface area contributed by atoms with Crippen LogP contribution in [0.15, 0.2) is 182 Å². The molecule has 1 unspecified atom stereocenters. The smallest absolute Gasteiger partial charge is 0.126 e. The predicted octanol–water partition coefficient (Wildman–Crippen LogP) is 9.53. The number of hydrogen-bond acceptors (Lipinski definition) is 0. The summed E-state index contributed by atoms with van der Waals surface area (Å²) in [6.07, 6.45) is 4.66. The molecular weight excluding hydrogens is 605 g/mol. The SMILES string of the molecule is c1ccc(-c2cc3c4c(c2)C2(c5ccccc5-c5ccccc52)c2cccc5c2C4([n+]2ccccc2-3)[n+]2ccc(-c3ccccc3)cc2-5)cc1.